The summed E-state index contributed by atoms with van der Waals surface area (Å²) in [6.45, 7) is 6.22. The van der Waals surface area contributed by atoms with Gasteiger partial charge in [0.2, 0.25) is 5.89 Å². The van der Waals surface area contributed by atoms with Crippen LogP contribution in [0.1, 0.15) is 33.3 Å². The summed E-state index contributed by atoms with van der Waals surface area (Å²) < 4.78 is 5.56. The van der Waals surface area contributed by atoms with Crippen LogP contribution in [0.25, 0.3) is 0 Å². The molecule has 1 heterocycles. The number of benzene rings is 1. The summed E-state index contributed by atoms with van der Waals surface area (Å²) in [6, 6.07) is 7.55. The van der Waals surface area contributed by atoms with Crippen LogP contribution in [-0.4, -0.2) is 56.0 Å². The first kappa shape index (κ1) is 21.4. The van der Waals surface area contributed by atoms with Crippen LogP contribution < -0.4 is 16.0 Å². The van der Waals surface area contributed by atoms with E-state index in [1.807, 2.05) is 57.1 Å². The minimum atomic E-state index is -0.0687. The van der Waals surface area contributed by atoms with Crippen molar-refractivity contribution in [3.8, 4) is 0 Å². The van der Waals surface area contributed by atoms with Gasteiger partial charge in [0.05, 0.1) is 12.2 Å². The Morgan fingerprint density at radius 2 is 1.93 bits per heavy atom. The van der Waals surface area contributed by atoms with Crippen molar-refractivity contribution in [1.29, 1.82) is 0 Å². The highest BCUT2D eigenvalue weighted by molar-refractivity contribution is 5.94. The predicted molar refractivity (Wildman–Crippen MR) is 110 cm³/mol. The van der Waals surface area contributed by atoms with Gasteiger partial charge in [0, 0.05) is 32.2 Å². The lowest BCUT2D eigenvalue weighted by atomic mass is 10.1. The van der Waals surface area contributed by atoms with E-state index < -0.39 is 0 Å². The van der Waals surface area contributed by atoms with E-state index >= 15 is 0 Å². The van der Waals surface area contributed by atoms with Gasteiger partial charge in [-0.25, -0.2) is 4.98 Å². The number of amides is 1. The van der Waals surface area contributed by atoms with Gasteiger partial charge in [-0.05, 0) is 45.6 Å². The van der Waals surface area contributed by atoms with Crippen molar-refractivity contribution in [2.75, 3.05) is 34.2 Å². The standard InChI is InChI=1S/C20H30N6O2/c1-14-15(2)28-18(25-14)13-24-20(21-3)23-12-16-7-6-8-17(11-16)19(27)22-9-10-26(4)5/h6-8,11H,9-10,12-13H2,1-5H3,(H,22,27)(H2,21,23,24). The first-order valence-electron chi connectivity index (χ1n) is 9.28. The summed E-state index contributed by atoms with van der Waals surface area (Å²) in [5, 5.41) is 9.33. The van der Waals surface area contributed by atoms with Crippen molar-refractivity contribution in [3.63, 3.8) is 0 Å². The smallest absolute Gasteiger partial charge is 0.251 e. The summed E-state index contributed by atoms with van der Waals surface area (Å²) >= 11 is 0. The van der Waals surface area contributed by atoms with Gasteiger partial charge in [-0.2, -0.15) is 0 Å². The van der Waals surface area contributed by atoms with Crippen molar-refractivity contribution >= 4 is 11.9 Å². The van der Waals surface area contributed by atoms with Crippen LogP contribution in [0.15, 0.2) is 33.7 Å². The van der Waals surface area contributed by atoms with Crippen LogP contribution in [0, 0.1) is 13.8 Å². The second-order valence-electron chi connectivity index (χ2n) is 6.79. The molecule has 1 amide bonds. The number of carbonyl (C=O) groups is 1. The minimum absolute atomic E-state index is 0.0687. The molecule has 0 fully saturated rings. The highest BCUT2D eigenvalue weighted by atomic mass is 16.4. The number of nitrogens with one attached hydrogen (secondary N) is 3. The van der Waals surface area contributed by atoms with E-state index in [0.717, 1.165) is 23.6 Å². The molecule has 0 aliphatic rings. The molecular weight excluding hydrogens is 356 g/mol. The van der Waals surface area contributed by atoms with Crippen LogP contribution in [0.5, 0.6) is 0 Å². The van der Waals surface area contributed by atoms with Gasteiger partial charge in [0.1, 0.15) is 5.76 Å². The Bertz CT molecular complexity index is 793. The first-order valence-corrected chi connectivity index (χ1v) is 9.28. The highest BCUT2D eigenvalue weighted by Gasteiger charge is 2.08. The number of oxazole rings is 1. The van der Waals surface area contributed by atoms with Crippen molar-refractivity contribution in [2.45, 2.75) is 26.9 Å². The predicted octanol–water partition coefficient (Wildman–Crippen LogP) is 1.45. The molecule has 3 N–H and O–H groups in total. The quantitative estimate of drug-likeness (QED) is 0.470. The minimum Gasteiger partial charge on any atom is -0.444 e. The van der Waals surface area contributed by atoms with E-state index in [4.69, 9.17) is 4.42 Å². The number of hydrogen-bond acceptors (Lipinski definition) is 5. The maximum absolute atomic E-state index is 12.3. The average molecular weight is 387 g/mol. The third-order valence-electron chi connectivity index (χ3n) is 4.20. The Morgan fingerprint density at radius 3 is 2.57 bits per heavy atom. The van der Waals surface area contributed by atoms with Gasteiger partial charge in [0.25, 0.3) is 5.91 Å². The average Bonchev–Trinajstić information content (AvgIpc) is 2.99. The fourth-order valence-corrected chi connectivity index (χ4v) is 2.50. The Morgan fingerprint density at radius 1 is 1.18 bits per heavy atom. The van der Waals surface area contributed by atoms with Gasteiger partial charge >= 0.3 is 0 Å². The lowest BCUT2D eigenvalue weighted by molar-refractivity contribution is 0.0951. The fourth-order valence-electron chi connectivity index (χ4n) is 2.50. The molecule has 1 aromatic carbocycles. The van der Waals surface area contributed by atoms with E-state index in [1.54, 1.807) is 7.05 Å². The summed E-state index contributed by atoms with van der Waals surface area (Å²) in [5.74, 6) is 2.00. The van der Waals surface area contributed by atoms with E-state index in [1.165, 1.54) is 0 Å². The maximum atomic E-state index is 12.3. The molecular formula is C20H30N6O2. The third-order valence-corrected chi connectivity index (χ3v) is 4.20. The van der Waals surface area contributed by atoms with Gasteiger partial charge in [0.15, 0.2) is 5.96 Å². The number of aromatic nitrogens is 1. The first-order chi connectivity index (χ1) is 13.4. The molecule has 2 aromatic rings. The molecule has 0 saturated carbocycles. The van der Waals surface area contributed by atoms with Gasteiger partial charge in [-0.1, -0.05) is 12.1 Å². The lowest BCUT2D eigenvalue weighted by Crippen LogP contribution is -2.36. The molecule has 0 saturated heterocycles. The number of aliphatic imine (C=N–C) groups is 1. The second-order valence-corrected chi connectivity index (χ2v) is 6.79. The Kier molecular flexibility index (Phi) is 8.01. The van der Waals surface area contributed by atoms with Gasteiger partial charge in [-0.15, -0.1) is 0 Å². The monoisotopic (exact) mass is 386 g/mol. The number of aryl methyl sites for hydroxylation is 2. The molecule has 0 aliphatic heterocycles. The topological polar surface area (TPSA) is 94.8 Å². The second kappa shape index (κ2) is 10.5. The normalized spacial score (nSPS) is 11.6. The number of rotatable bonds is 8. The summed E-state index contributed by atoms with van der Waals surface area (Å²) in [6.07, 6.45) is 0. The SMILES string of the molecule is CN=C(NCc1cccc(C(=O)NCCN(C)C)c1)NCc1nc(C)c(C)o1. The Hall–Kier alpha value is -2.87. The number of guanidine groups is 1. The molecule has 152 valence electrons. The fraction of sp³-hybridized carbons (Fsp3) is 0.450. The number of carbonyl (C=O) groups excluding carboxylic acids is 1. The molecule has 8 nitrogen and oxygen atoms in total. The number of nitrogens with zero attached hydrogens (tertiary/aromatic N) is 3. The number of hydrogen-bond donors (Lipinski definition) is 3. The zero-order valence-corrected chi connectivity index (χ0v) is 17.3. The molecule has 0 unspecified atom stereocenters. The van der Waals surface area contributed by atoms with Crippen LogP contribution in [0.2, 0.25) is 0 Å². The molecule has 2 rings (SSSR count). The molecule has 1 aromatic heterocycles. The third kappa shape index (κ3) is 6.70. The maximum Gasteiger partial charge on any atom is 0.251 e. The van der Waals surface area contributed by atoms with E-state index in [9.17, 15) is 4.79 Å². The van der Waals surface area contributed by atoms with E-state index in [-0.39, 0.29) is 5.91 Å². The van der Waals surface area contributed by atoms with Crippen LogP contribution in [-0.2, 0) is 13.1 Å². The van der Waals surface area contributed by atoms with Crippen LogP contribution >= 0.6 is 0 Å². The van der Waals surface area contributed by atoms with E-state index in [0.29, 0.717) is 37.0 Å². The van der Waals surface area contributed by atoms with Crippen molar-refractivity contribution in [3.05, 3.63) is 52.7 Å². The Balaban J connectivity index is 1.85. The van der Waals surface area contributed by atoms with Crippen LogP contribution in [0.4, 0.5) is 0 Å². The van der Waals surface area contributed by atoms with Gasteiger partial charge in [-0.3, -0.25) is 9.79 Å². The molecule has 8 heteroatoms. The van der Waals surface area contributed by atoms with E-state index in [2.05, 4.69) is 25.9 Å². The van der Waals surface area contributed by atoms with Crippen LogP contribution in [0.3, 0.4) is 0 Å². The summed E-state index contributed by atoms with van der Waals surface area (Å²) in [5.41, 5.74) is 2.53. The molecule has 0 spiro atoms. The lowest BCUT2D eigenvalue weighted by Gasteiger charge is -2.12. The largest absolute Gasteiger partial charge is 0.444 e. The Labute approximate surface area is 166 Å². The zero-order chi connectivity index (χ0) is 20.5. The summed E-state index contributed by atoms with van der Waals surface area (Å²) in [7, 11) is 5.66. The molecule has 0 radical (unpaired) electrons. The number of likely N-dealkylation sites (N-methyl/N-ethyl adjacent to an activating group) is 1. The van der Waals surface area contributed by atoms with Crippen molar-refractivity contribution in [1.82, 2.24) is 25.8 Å². The van der Waals surface area contributed by atoms with Crippen molar-refractivity contribution in [2.24, 2.45) is 4.99 Å². The van der Waals surface area contributed by atoms with Gasteiger partial charge < -0.3 is 25.3 Å². The highest BCUT2D eigenvalue weighted by Crippen LogP contribution is 2.08. The molecule has 0 aliphatic carbocycles. The summed E-state index contributed by atoms with van der Waals surface area (Å²) in [4.78, 5) is 22.8. The molecule has 28 heavy (non-hydrogen) atoms. The molecule has 0 bridgehead atoms. The molecule has 0 atom stereocenters. The zero-order valence-electron chi connectivity index (χ0n) is 17.3. The van der Waals surface area contributed by atoms with Crippen molar-refractivity contribution < 1.29 is 9.21 Å².